The van der Waals surface area contributed by atoms with Crippen LogP contribution in [0.2, 0.25) is 0 Å². The molecule has 4 nitrogen and oxygen atoms in total. The molecule has 1 heterocycles. The van der Waals surface area contributed by atoms with Crippen molar-refractivity contribution in [3.05, 3.63) is 34.3 Å². The molecule has 0 aromatic heterocycles. The van der Waals surface area contributed by atoms with Crippen LogP contribution in [0.4, 0.5) is 0 Å². The van der Waals surface area contributed by atoms with Crippen LogP contribution in [0.25, 0.3) is 0 Å². The molecule has 1 aliphatic heterocycles. The van der Waals surface area contributed by atoms with Crippen molar-refractivity contribution in [2.75, 3.05) is 13.2 Å². The Bertz CT molecular complexity index is 544. The van der Waals surface area contributed by atoms with E-state index < -0.39 is 5.41 Å². The van der Waals surface area contributed by atoms with E-state index >= 15 is 0 Å². The summed E-state index contributed by atoms with van der Waals surface area (Å²) in [6.45, 7) is 2.97. The summed E-state index contributed by atoms with van der Waals surface area (Å²) in [5.41, 5.74) is 6.10. The molecule has 0 aliphatic carbocycles. The molecule has 1 aromatic rings. The molecule has 0 radical (unpaired) electrons. The number of carbonyl (C=O) groups is 1. The lowest BCUT2D eigenvalue weighted by Gasteiger charge is -2.35. The van der Waals surface area contributed by atoms with E-state index in [1.165, 1.54) is 0 Å². The smallest absolute Gasteiger partial charge is 0.233 e. The molecule has 1 aliphatic rings. The van der Waals surface area contributed by atoms with Crippen LogP contribution in [0.3, 0.4) is 0 Å². The standard InChI is InChI=1S/C15H19BrN2O2S/c1-10(11-3-2-4-12(16)9-11)18-14(19)15(13(17)21)5-7-20-8-6-15/h2-4,9-10H,5-8H2,1H3,(H2,17,21)(H,18,19). The Morgan fingerprint density at radius 1 is 1.48 bits per heavy atom. The first-order valence-electron chi connectivity index (χ1n) is 6.90. The minimum Gasteiger partial charge on any atom is -0.392 e. The lowest BCUT2D eigenvalue weighted by molar-refractivity contribution is -0.132. The van der Waals surface area contributed by atoms with Crippen LogP contribution in [0.5, 0.6) is 0 Å². The number of ether oxygens (including phenoxy) is 1. The van der Waals surface area contributed by atoms with Crippen molar-refractivity contribution >= 4 is 39.0 Å². The first kappa shape index (κ1) is 16.4. The molecule has 0 bridgehead atoms. The van der Waals surface area contributed by atoms with Crippen molar-refractivity contribution in [2.24, 2.45) is 11.1 Å². The molecule has 1 unspecified atom stereocenters. The van der Waals surface area contributed by atoms with Gasteiger partial charge in [-0.25, -0.2) is 0 Å². The van der Waals surface area contributed by atoms with Crippen molar-refractivity contribution < 1.29 is 9.53 Å². The van der Waals surface area contributed by atoms with Crippen molar-refractivity contribution in [1.82, 2.24) is 5.32 Å². The zero-order valence-corrected chi connectivity index (χ0v) is 14.3. The number of hydrogen-bond acceptors (Lipinski definition) is 3. The van der Waals surface area contributed by atoms with E-state index in [1.54, 1.807) is 0 Å². The van der Waals surface area contributed by atoms with Gasteiger partial charge in [-0.1, -0.05) is 40.3 Å². The van der Waals surface area contributed by atoms with Crippen LogP contribution < -0.4 is 11.1 Å². The van der Waals surface area contributed by atoms with Gasteiger partial charge >= 0.3 is 0 Å². The maximum Gasteiger partial charge on any atom is 0.233 e. The van der Waals surface area contributed by atoms with Gasteiger partial charge < -0.3 is 15.8 Å². The van der Waals surface area contributed by atoms with Crippen LogP contribution >= 0.6 is 28.1 Å². The summed E-state index contributed by atoms with van der Waals surface area (Å²) in [4.78, 5) is 12.9. The number of nitrogens with one attached hydrogen (secondary N) is 1. The minimum absolute atomic E-state index is 0.106. The zero-order valence-electron chi connectivity index (χ0n) is 11.9. The Balaban J connectivity index is 2.13. The van der Waals surface area contributed by atoms with Gasteiger partial charge in [0.25, 0.3) is 0 Å². The van der Waals surface area contributed by atoms with Gasteiger partial charge in [0.15, 0.2) is 0 Å². The second-order valence-corrected chi connectivity index (χ2v) is 6.66. The Labute approximate surface area is 138 Å². The first-order valence-corrected chi connectivity index (χ1v) is 8.10. The molecule has 0 spiro atoms. The molecular weight excluding hydrogens is 352 g/mol. The number of carbonyl (C=O) groups excluding carboxylic acids is 1. The van der Waals surface area contributed by atoms with Gasteiger partial charge in [-0.3, -0.25) is 4.79 Å². The van der Waals surface area contributed by atoms with Gasteiger partial charge in [0, 0.05) is 17.7 Å². The molecule has 21 heavy (non-hydrogen) atoms. The highest BCUT2D eigenvalue weighted by molar-refractivity contribution is 9.10. The Hall–Kier alpha value is -0.980. The second kappa shape index (κ2) is 6.85. The SMILES string of the molecule is CC(NC(=O)C1(C(N)=S)CCOCC1)c1cccc(Br)c1. The predicted molar refractivity (Wildman–Crippen MR) is 90.0 cm³/mol. The van der Waals surface area contributed by atoms with E-state index in [2.05, 4.69) is 21.2 Å². The van der Waals surface area contributed by atoms with Crippen LogP contribution in [-0.4, -0.2) is 24.1 Å². The predicted octanol–water partition coefficient (Wildman–Crippen LogP) is 2.71. The molecule has 3 N–H and O–H groups in total. The molecule has 1 saturated heterocycles. The van der Waals surface area contributed by atoms with Crippen molar-refractivity contribution in [1.29, 1.82) is 0 Å². The molecule has 0 saturated carbocycles. The average Bonchev–Trinajstić information content (AvgIpc) is 2.47. The number of amides is 1. The van der Waals surface area contributed by atoms with Crippen molar-refractivity contribution in [3.8, 4) is 0 Å². The van der Waals surface area contributed by atoms with Crippen molar-refractivity contribution in [3.63, 3.8) is 0 Å². The van der Waals surface area contributed by atoms with E-state index in [0.29, 0.717) is 26.1 Å². The normalized spacial score (nSPS) is 18.8. The maximum atomic E-state index is 12.7. The highest BCUT2D eigenvalue weighted by atomic mass is 79.9. The lowest BCUT2D eigenvalue weighted by atomic mass is 9.79. The molecule has 114 valence electrons. The third kappa shape index (κ3) is 3.62. The quantitative estimate of drug-likeness (QED) is 0.799. The summed E-state index contributed by atoms with van der Waals surface area (Å²) < 4.78 is 6.31. The van der Waals surface area contributed by atoms with Gasteiger partial charge in [-0.15, -0.1) is 0 Å². The van der Waals surface area contributed by atoms with Crippen LogP contribution in [0.1, 0.15) is 31.4 Å². The van der Waals surface area contributed by atoms with E-state index in [1.807, 2.05) is 31.2 Å². The van der Waals surface area contributed by atoms with Gasteiger partial charge in [0.2, 0.25) is 5.91 Å². The van der Waals surface area contributed by atoms with Crippen LogP contribution in [0.15, 0.2) is 28.7 Å². The molecular formula is C15H19BrN2O2S. The van der Waals surface area contributed by atoms with E-state index in [9.17, 15) is 4.79 Å². The number of nitrogens with two attached hydrogens (primary N) is 1. The van der Waals surface area contributed by atoms with Crippen LogP contribution in [0, 0.1) is 5.41 Å². The second-order valence-electron chi connectivity index (χ2n) is 5.31. The Morgan fingerprint density at radius 3 is 2.71 bits per heavy atom. The average molecular weight is 371 g/mol. The largest absolute Gasteiger partial charge is 0.392 e. The summed E-state index contributed by atoms with van der Waals surface area (Å²) in [5.74, 6) is -0.106. The van der Waals surface area contributed by atoms with Gasteiger partial charge in [-0.05, 0) is 37.5 Å². The number of rotatable bonds is 4. The fourth-order valence-electron chi connectivity index (χ4n) is 2.50. The first-order chi connectivity index (χ1) is 9.95. The summed E-state index contributed by atoms with van der Waals surface area (Å²) in [5, 5.41) is 3.03. The fourth-order valence-corrected chi connectivity index (χ4v) is 3.21. The summed E-state index contributed by atoms with van der Waals surface area (Å²) in [7, 11) is 0. The third-order valence-corrected chi connectivity index (χ3v) is 4.83. The molecule has 1 aromatic carbocycles. The highest BCUT2D eigenvalue weighted by Gasteiger charge is 2.43. The summed E-state index contributed by atoms with van der Waals surface area (Å²) in [6.07, 6.45) is 1.08. The number of halogens is 1. The molecule has 1 amide bonds. The minimum atomic E-state index is -0.784. The summed E-state index contributed by atoms with van der Waals surface area (Å²) >= 11 is 8.59. The number of benzene rings is 1. The highest BCUT2D eigenvalue weighted by Crippen LogP contribution is 2.32. The van der Waals surface area contributed by atoms with E-state index in [4.69, 9.17) is 22.7 Å². The van der Waals surface area contributed by atoms with Crippen LogP contribution in [-0.2, 0) is 9.53 Å². The topological polar surface area (TPSA) is 64.4 Å². The van der Waals surface area contributed by atoms with Gasteiger partial charge in [0.1, 0.15) is 5.41 Å². The maximum absolute atomic E-state index is 12.7. The zero-order chi connectivity index (χ0) is 15.5. The van der Waals surface area contributed by atoms with Gasteiger partial charge in [-0.2, -0.15) is 0 Å². The molecule has 2 rings (SSSR count). The lowest BCUT2D eigenvalue weighted by Crippen LogP contribution is -2.52. The van der Waals surface area contributed by atoms with Crippen molar-refractivity contribution in [2.45, 2.75) is 25.8 Å². The molecule has 1 fully saturated rings. The number of thiocarbonyl (C=S) groups is 1. The summed E-state index contributed by atoms with van der Waals surface area (Å²) in [6, 6.07) is 7.76. The van der Waals surface area contributed by atoms with Gasteiger partial charge in [0.05, 0.1) is 11.0 Å². The molecule has 6 heteroatoms. The third-order valence-electron chi connectivity index (χ3n) is 3.95. The Morgan fingerprint density at radius 2 is 2.14 bits per heavy atom. The van der Waals surface area contributed by atoms with E-state index in [0.717, 1.165) is 10.0 Å². The Kier molecular flexibility index (Phi) is 5.35. The fraction of sp³-hybridized carbons (Fsp3) is 0.467. The monoisotopic (exact) mass is 370 g/mol. The number of hydrogen-bond donors (Lipinski definition) is 2. The molecule has 1 atom stereocenters. The van der Waals surface area contributed by atoms with E-state index in [-0.39, 0.29) is 16.9 Å².